The summed E-state index contributed by atoms with van der Waals surface area (Å²) in [6.45, 7) is 1.14. The van der Waals surface area contributed by atoms with Crippen LogP contribution in [-0.4, -0.2) is 18.5 Å². The number of carbonyl (C=O) groups excluding carboxylic acids is 1. The molecule has 1 aliphatic carbocycles. The molecule has 3 nitrogen and oxygen atoms in total. The van der Waals surface area contributed by atoms with Crippen molar-refractivity contribution >= 4 is 11.6 Å². The molecule has 21 heavy (non-hydrogen) atoms. The summed E-state index contributed by atoms with van der Waals surface area (Å²) in [7, 11) is 0. The fourth-order valence-corrected chi connectivity index (χ4v) is 2.36. The second-order valence-corrected chi connectivity index (χ2v) is 5.52. The van der Waals surface area contributed by atoms with E-state index in [1.54, 1.807) is 0 Å². The van der Waals surface area contributed by atoms with Crippen molar-refractivity contribution < 1.29 is 4.79 Å². The van der Waals surface area contributed by atoms with Crippen molar-refractivity contribution in [2.24, 2.45) is 0 Å². The van der Waals surface area contributed by atoms with Gasteiger partial charge in [-0.05, 0) is 30.5 Å². The Labute approximate surface area is 125 Å². The summed E-state index contributed by atoms with van der Waals surface area (Å²) in [4.78, 5) is 14.2. The van der Waals surface area contributed by atoms with Gasteiger partial charge in [0.05, 0.1) is 6.54 Å². The summed E-state index contributed by atoms with van der Waals surface area (Å²) >= 11 is 0. The van der Waals surface area contributed by atoms with Crippen molar-refractivity contribution in [2.45, 2.75) is 25.4 Å². The van der Waals surface area contributed by atoms with Gasteiger partial charge in [0.1, 0.15) is 0 Å². The predicted octanol–water partition coefficient (Wildman–Crippen LogP) is 2.97. The molecule has 0 aromatic heterocycles. The van der Waals surface area contributed by atoms with Gasteiger partial charge in [0, 0.05) is 18.3 Å². The number of nitrogens with zero attached hydrogens (tertiary/aromatic N) is 1. The largest absolute Gasteiger partial charge is 0.358 e. The second-order valence-electron chi connectivity index (χ2n) is 5.52. The number of rotatable bonds is 6. The molecular weight excluding hydrogens is 260 g/mol. The van der Waals surface area contributed by atoms with Crippen LogP contribution in [0.3, 0.4) is 0 Å². The molecule has 0 aliphatic heterocycles. The van der Waals surface area contributed by atoms with Gasteiger partial charge >= 0.3 is 0 Å². The topological polar surface area (TPSA) is 32.3 Å². The predicted molar refractivity (Wildman–Crippen MR) is 85.1 cm³/mol. The van der Waals surface area contributed by atoms with Crippen LogP contribution in [0.15, 0.2) is 60.7 Å². The summed E-state index contributed by atoms with van der Waals surface area (Å²) < 4.78 is 0. The van der Waals surface area contributed by atoms with Gasteiger partial charge in [-0.15, -0.1) is 0 Å². The third-order valence-corrected chi connectivity index (χ3v) is 3.61. The highest BCUT2D eigenvalue weighted by molar-refractivity contribution is 5.81. The van der Waals surface area contributed by atoms with E-state index in [2.05, 4.69) is 22.3 Å². The summed E-state index contributed by atoms with van der Waals surface area (Å²) in [6, 6.07) is 20.8. The minimum atomic E-state index is 0.109. The maximum Gasteiger partial charge on any atom is 0.239 e. The van der Waals surface area contributed by atoms with E-state index in [0.29, 0.717) is 12.6 Å². The molecule has 0 bridgehead atoms. The molecule has 2 aromatic carbocycles. The monoisotopic (exact) mass is 280 g/mol. The van der Waals surface area contributed by atoms with E-state index in [9.17, 15) is 4.79 Å². The van der Waals surface area contributed by atoms with E-state index < -0.39 is 0 Å². The summed E-state index contributed by atoms with van der Waals surface area (Å²) in [5, 5.41) is 3.06. The maximum absolute atomic E-state index is 12.1. The molecule has 0 unspecified atom stereocenters. The molecule has 0 radical (unpaired) electrons. The second kappa shape index (κ2) is 6.44. The highest BCUT2D eigenvalue weighted by atomic mass is 16.2. The lowest BCUT2D eigenvalue weighted by molar-refractivity contribution is -0.119. The Balaban J connectivity index is 1.72. The minimum Gasteiger partial charge on any atom is -0.358 e. The lowest BCUT2D eigenvalue weighted by Crippen LogP contribution is -2.38. The summed E-state index contributed by atoms with van der Waals surface area (Å²) in [5.74, 6) is 0.109. The third-order valence-electron chi connectivity index (χ3n) is 3.61. The molecule has 1 aliphatic rings. The molecule has 1 saturated carbocycles. The number of para-hydroxylation sites is 1. The molecule has 0 heterocycles. The van der Waals surface area contributed by atoms with Crippen LogP contribution in [-0.2, 0) is 11.3 Å². The SMILES string of the molecule is O=C(CN(Cc1ccccc1)c1ccccc1)NC1CC1. The molecule has 1 fully saturated rings. The van der Waals surface area contributed by atoms with Crippen LogP contribution in [0.2, 0.25) is 0 Å². The lowest BCUT2D eigenvalue weighted by atomic mass is 10.2. The number of hydrogen-bond acceptors (Lipinski definition) is 2. The molecule has 0 spiro atoms. The average molecular weight is 280 g/mol. The average Bonchev–Trinajstić information content (AvgIpc) is 3.32. The number of nitrogens with one attached hydrogen (secondary N) is 1. The van der Waals surface area contributed by atoms with Crippen LogP contribution in [0.25, 0.3) is 0 Å². The highest BCUT2D eigenvalue weighted by Gasteiger charge is 2.24. The maximum atomic E-state index is 12.1. The van der Waals surface area contributed by atoms with Gasteiger partial charge in [0.25, 0.3) is 0 Å². The molecule has 0 atom stereocenters. The first-order chi connectivity index (χ1) is 10.3. The van der Waals surface area contributed by atoms with E-state index in [1.165, 1.54) is 5.56 Å². The number of carbonyl (C=O) groups is 1. The first-order valence-corrected chi connectivity index (χ1v) is 7.44. The molecule has 2 aromatic rings. The van der Waals surface area contributed by atoms with Gasteiger partial charge in [0.15, 0.2) is 0 Å². The van der Waals surface area contributed by atoms with Crippen molar-refractivity contribution in [1.29, 1.82) is 0 Å². The molecule has 1 amide bonds. The Hall–Kier alpha value is -2.29. The smallest absolute Gasteiger partial charge is 0.239 e. The number of amides is 1. The Morgan fingerprint density at radius 2 is 1.62 bits per heavy atom. The molecule has 108 valence electrons. The Kier molecular flexibility index (Phi) is 4.20. The first-order valence-electron chi connectivity index (χ1n) is 7.44. The summed E-state index contributed by atoms with van der Waals surface area (Å²) in [5.41, 5.74) is 2.29. The highest BCUT2D eigenvalue weighted by Crippen LogP contribution is 2.20. The minimum absolute atomic E-state index is 0.109. The standard InChI is InChI=1S/C18H20N2O/c21-18(19-16-11-12-16)14-20(17-9-5-2-6-10-17)13-15-7-3-1-4-8-15/h1-10,16H,11-14H2,(H,19,21). The quantitative estimate of drug-likeness (QED) is 0.882. The fourth-order valence-electron chi connectivity index (χ4n) is 2.36. The van der Waals surface area contributed by atoms with Gasteiger partial charge in [-0.3, -0.25) is 4.79 Å². The first kappa shape index (κ1) is 13.7. The molecule has 3 heteroatoms. The van der Waals surface area contributed by atoms with E-state index in [0.717, 1.165) is 25.1 Å². The molecule has 1 N–H and O–H groups in total. The molecule has 0 saturated heterocycles. The van der Waals surface area contributed by atoms with E-state index >= 15 is 0 Å². The van der Waals surface area contributed by atoms with Crippen LogP contribution >= 0.6 is 0 Å². The molecular formula is C18H20N2O. The number of hydrogen-bond donors (Lipinski definition) is 1. The number of benzene rings is 2. The fraction of sp³-hybridized carbons (Fsp3) is 0.278. The van der Waals surface area contributed by atoms with Gasteiger partial charge in [-0.25, -0.2) is 0 Å². The normalized spacial score (nSPS) is 13.7. The van der Waals surface area contributed by atoms with Crippen molar-refractivity contribution in [2.75, 3.05) is 11.4 Å². The van der Waals surface area contributed by atoms with Crippen LogP contribution in [0.1, 0.15) is 18.4 Å². The van der Waals surface area contributed by atoms with Crippen molar-refractivity contribution in [3.05, 3.63) is 66.2 Å². The van der Waals surface area contributed by atoms with Crippen molar-refractivity contribution in [3.63, 3.8) is 0 Å². The van der Waals surface area contributed by atoms with E-state index in [4.69, 9.17) is 0 Å². The Bertz CT molecular complexity index is 579. The van der Waals surface area contributed by atoms with Crippen LogP contribution < -0.4 is 10.2 Å². The van der Waals surface area contributed by atoms with E-state index in [1.807, 2.05) is 48.5 Å². The van der Waals surface area contributed by atoms with Gasteiger partial charge < -0.3 is 10.2 Å². The van der Waals surface area contributed by atoms with Gasteiger partial charge in [0.2, 0.25) is 5.91 Å². The zero-order valence-electron chi connectivity index (χ0n) is 12.0. The van der Waals surface area contributed by atoms with Gasteiger partial charge in [-0.2, -0.15) is 0 Å². The zero-order chi connectivity index (χ0) is 14.5. The van der Waals surface area contributed by atoms with Crippen molar-refractivity contribution in [1.82, 2.24) is 5.32 Å². The van der Waals surface area contributed by atoms with Crippen LogP contribution in [0.4, 0.5) is 5.69 Å². The van der Waals surface area contributed by atoms with Crippen LogP contribution in [0, 0.1) is 0 Å². The van der Waals surface area contributed by atoms with Gasteiger partial charge in [-0.1, -0.05) is 48.5 Å². The van der Waals surface area contributed by atoms with E-state index in [-0.39, 0.29) is 5.91 Å². The molecule has 3 rings (SSSR count). The Morgan fingerprint density at radius 1 is 1.00 bits per heavy atom. The third kappa shape index (κ3) is 4.09. The lowest BCUT2D eigenvalue weighted by Gasteiger charge is -2.24. The van der Waals surface area contributed by atoms with Crippen molar-refractivity contribution in [3.8, 4) is 0 Å². The van der Waals surface area contributed by atoms with Crippen LogP contribution in [0.5, 0.6) is 0 Å². The zero-order valence-corrected chi connectivity index (χ0v) is 12.0. The Morgan fingerprint density at radius 3 is 2.24 bits per heavy atom. The number of anilines is 1. The summed E-state index contributed by atoms with van der Waals surface area (Å²) in [6.07, 6.45) is 2.24.